The predicted octanol–water partition coefficient (Wildman–Crippen LogP) is 1.56. The minimum Gasteiger partial charge on any atom is -0.345 e. The van der Waals surface area contributed by atoms with Gasteiger partial charge in [-0.3, -0.25) is 9.32 Å². The van der Waals surface area contributed by atoms with E-state index in [4.69, 9.17) is 4.52 Å². The summed E-state index contributed by atoms with van der Waals surface area (Å²) in [5, 5.41) is 15.1. The fourth-order valence-electron chi connectivity index (χ4n) is 2.95. The molecule has 0 saturated heterocycles. The normalized spacial score (nSPS) is 12.0. The Hall–Kier alpha value is -3.93. The minimum absolute atomic E-state index is 0.198. The average molecular weight is 483 g/mol. The second-order valence-electron chi connectivity index (χ2n) is 8.73. The Morgan fingerprint density at radius 2 is 1.88 bits per heavy atom. The van der Waals surface area contributed by atoms with Gasteiger partial charge in [0.25, 0.3) is 5.91 Å². The fourth-order valence-corrected chi connectivity index (χ4v) is 3.58. The molecule has 12 heteroatoms. The Balaban J connectivity index is 1.42. The summed E-state index contributed by atoms with van der Waals surface area (Å²) < 4.78 is 30.5. The lowest BCUT2D eigenvalue weighted by Crippen LogP contribution is -2.34. The van der Waals surface area contributed by atoms with Crippen LogP contribution in [-0.4, -0.2) is 45.7 Å². The highest BCUT2D eigenvalue weighted by Gasteiger charge is 2.28. The maximum absolute atomic E-state index is 12.6. The smallest absolute Gasteiger partial charge is 0.344 e. The Morgan fingerprint density at radius 3 is 2.53 bits per heavy atom. The van der Waals surface area contributed by atoms with Gasteiger partial charge in [0, 0.05) is 35.7 Å². The molecule has 0 aliphatic carbocycles. The highest BCUT2D eigenvalue weighted by atomic mass is 32.2. The van der Waals surface area contributed by atoms with Crippen LogP contribution in [0.2, 0.25) is 0 Å². The van der Waals surface area contributed by atoms with E-state index in [2.05, 4.69) is 25.7 Å². The van der Waals surface area contributed by atoms with Crippen molar-refractivity contribution < 1.29 is 22.6 Å². The van der Waals surface area contributed by atoms with Gasteiger partial charge in [-0.05, 0) is 51.1 Å². The minimum atomic E-state index is -3.27. The van der Waals surface area contributed by atoms with Crippen LogP contribution < -0.4 is 10.2 Å². The summed E-state index contributed by atoms with van der Waals surface area (Å²) >= 11 is 0. The van der Waals surface area contributed by atoms with Gasteiger partial charge >= 0.3 is 11.7 Å². The average Bonchev–Trinajstić information content (AvgIpc) is 3.47. The third-order valence-electron chi connectivity index (χ3n) is 4.81. The first-order valence-electron chi connectivity index (χ1n) is 10.4. The van der Waals surface area contributed by atoms with Gasteiger partial charge in [-0.15, -0.1) is 0 Å². The first kappa shape index (κ1) is 23.2. The quantitative estimate of drug-likeness (QED) is 0.409. The molecule has 1 aromatic carbocycles. The maximum Gasteiger partial charge on any atom is 0.344 e. The van der Waals surface area contributed by atoms with Gasteiger partial charge in [-0.2, -0.15) is 5.10 Å². The van der Waals surface area contributed by atoms with Crippen LogP contribution in [0.5, 0.6) is 0 Å². The molecule has 0 saturated carbocycles. The molecule has 4 rings (SSSR count). The molecule has 0 spiro atoms. The first-order chi connectivity index (χ1) is 16.0. The highest BCUT2D eigenvalue weighted by molar-refractivity contribution is 7.90. The van der Waals surface area contributed by atoms with Crippen molar-refractivity contribution in [2.24, 2.45) is 0 Å². The number of hydrogen-bond acceptors (Lipinski definition) is 8. The third-order valence-corrected chi connectivity index (χ3v) is 5.94. The van der Waals surface area contributed by atoms with Gasteiger partial charge in [0.1, 0.15) is 5.21 Å². The molecular weight excluding hydrogens is 458 g/mol. The van der Waals surface area contributed by atoms with E-state index in [1.807, 2.05) is 20.8 Å². The highest BCUT2D eigenvalue weighted by Crippen LogP contribution is 2.18. The van der Waals surface area contributed by atoms with Crippen LogP contribution >= 0.6 is 0 Å². The molecule has 0 atom stereocenters. The number of carbonyl (C=O) groups excluding carboxylic acids is 1. The van der Waals surface area contributed by atoms with Gasteiger partial charge in [0.05, 0.1) is 27.0 Å². The van der Waals surface area contributed by atoms with Crippen molar-refractivity contribution in [3.8, 4) is 11.5 Å². The van der Waals surface area contributed by atoms with E-state index < -0.39 is 9.84 Å². The zero-order chi connectivity index (χ0) is 24.5. The molecule has 11 nitrogen and oxygen atoms in total. The molecule has 3 aromatic heterocycles. The van der Waals surface area contributed by atoms with E-state index in [1.54, 1.807) is 47.4 Å². The monoisotopic (exact) mass is 482 g/mol. The Morgan fingerprint density at radius 1 is 1.15 bits per heavy atom. The second kappa shape index (κ2) is 8.78. The van der Waals surface area contributed by atoms with E-state index in [-0.39, 0.29) is 28.5 Å². The number of hydrogen-bond donors (Lipinski definition) is 1. The summed E-state index contributed by atoms with van der Waals surface area (Å²) in [6, 6.07) is 11.3. The SMILES string of the molecule is CC(C)(C)c1nn[n+](-c2cccc(C(=O)NCc3cnn(-c4ccc(S(C)(=O)=O)cc4)c3)n2)o1. The zero-order valence-electron chi connectivity index (χ0n) is 19.1. The number of benzene rings is 1. The van der Waals surface area contributed by atoms with Crippen LogP contribution in [0, 0.1) is 0 Å². The molecule has 0 aliphatic heterocycles. The largest absolute Gasteiger partial charge is 0.345 e. The molecule has 0 unspecified atom stereocenters. The Kier molecular flexibility index (Phi) is 6.00. The summed E-state index contributed by atoms with van der Waals surface area (Å²) in [7, 11) is -3.27. The summed E-state index contributed by atoms with van der Waals surface area (Å²) in [5.41, 5.74) is 1.35. The van der Waals surface area contributed by atoms with Crippen molar-refractivity contribution in [1.82, 2.24) is 30.4 Å². The molecule has 176 valence electrons. The molecule has 0 radical (unpaired) electrons. The molecule has 1 N–H and O–H groups in total. The van der Waals surface area contributed by atoms with Gasteiger partial charge in [0.2, 0.25) is 5.69 Å². The molecule has 4 aromatic rings. The summed E-state index contributed by atoms with van der Waals surface area (Å²) in [5.74, 6) is 0.413. The number of nitrogens with zero attached hydrogens (tertiary/aromatic N) is 6. The fraction of sp³-hybridized carbons (Fsp3) is 0.273. The van der Waals surface area contributed by atoms with Crippen LogP contribution in [0.1, 0.15) is 42.7 Å². The van der Waals surface area contributed by atoms with E-state index in [9.17, 15) is 13.2 Å². The third kappa shape index (κ3) is 5.17. The molecule has 3 heterocycles. The molecule has 0 aliphatic rings. The summed E-state index contributed by atoms with van der Waals surface area (Å²) in [4.78, 5) is 18.4. The predicted molar refractivity (Wildman–Crippen MR) is 120 cm³/mol. The first-order valence-corrected chi connectivity index (χ1v) is 12.3. The van der Waals surface area contributed by atoms with E-state index in [0.717, 1.165) is 11.8 Å². The number of sulfone groups is 1. The lowest BCUT2D eigenvalue weighted by Gasteiger charge is -2.06. The van der Waals surface area contributed by atoms with Crippen molar-refractivity contribution in [3.63, 3.8) is 0 Å². The molecule has 34 heavy (non-hydrogen) atoms. The number of nitrogens with one attached hydrogen (secondary N) is 1. The maximum atomic E-state index is 12.6. The van der Waals surface area contributed by atoms with Crippen molar-refractivity contribution in [2.45, 2.75) is 37.6 Å². The second-order valence-corrected chi connectivity index (χ2v) is 10.7. The zero-order valence-corrected chi connectivity index (χ0v) is 19.9. The Labute approximate surface area is 196 Å². The van der Waals surface area contributed by atoms with Crippen molar-refractivity contribution in [1.29, 1.82) is 0 Å². The van der Waals surface area contributed by atoms with E-state index in [0.29, 0.717) is 17.4 Å². The Bertz CT molecular complexity index is 1430. The lowest BCUT2D eigenvalue weighted by molar-refractivity contribution is -0.838. The van der Waals surface area contributed by atoms with Crippen LogP contribution in [0.15, 0.2) is 64.3 Å². The van der Waals surface area contributed by atoms with Gasteiger partial charge < -0.3 is 5.32 Å². The molecule has 1 amide bonds. The number of rotatable bonds is 6. The van der Waals surface area contributed by atoms with Crippen molar-refractivity contribution >= 4 is 15.7 Å². The van der Waals surface area contributed by atoms with E-state index in [1.165, 1.54) is 17.0 Å². The van der Waals surface area contributed by atoms with Gasteiger partial charge in [-0.25, -0.2) is 13.1 Å². The van der Waals surface area contributed by atoms with Gasteiger partial charge in [-0.1, -0.05) is 11.1 Å². The summed E-state index contributed by atoms with van der Waals surface area (Å²) in [6.07, 6.45) is 4.53. The van der Waals surface area contributed by atoms with Crippen molar-refractivity contribution in [3.05, 3.63) is 72.0 Å². The van der Waals surface area contributed by atoms with Crippen LogP contribution in [0.25, 0.3) is 11.5 Å². The van der Waals surface area contributed by atoms with Crippen molar-refractivity contribution in [2.75, 3.05) is 6.26 Å². The van der Waals surface area contributed by atoms with E-state index >= 15 is 0 Å². The summed E-state index contributed by atoms with van der Waals surface area (Å²) in [6.45, 7) is 6.09. The molecule has 0 fully saturated rings. The molecular formula is C22H24N7O4S+. The lowest BCUT2D eigenvalue weighted by atomic mass is 9.97. The number of carbonyl (C=O) groups is 1. The van der Waals surface area contributed by atoms with Crippen LogP contribution in [0.4, 0.5) is 0 Å². The van der Waals surface area contributed by atoms with Crippen LogP contribution in [-0.2, 0) is 21.8 Å². The number of pyridine rings is 1. The van der Waals surface area contributed by atoms with Crippen LogP contribution in [0.3, 0.4) is 0 Å². The number of aromatic nitrogens is 6. The number of amides is 1. The van der Waals surface area contributed by atoms with Gasteiger partial charge in [0.15, 0.2) is 9.84 Å². The molecule has 0 bridgehead atoms. The topological polar surface area (TPSA) is 137 Å². The standard InChI is InChI=1S/C22H23N7O4S/c1-22(2,3)21-26-27-29(33-21)19-7-5-6-18(25-19)20(30)23-12-15-13-24-28(14-15)16-8-10-17(11-9-16)34(4,31)32/h5-11,13-14H,12H2,1-4H3/p+1.